The zero-order valence-corrected chi connectivity index (χ0v) is 18.4. The molecule has 2 rings (SSSR count). The van der Waals surface area contributed by atoms with Crippen LogP contribution >= 0.6 is 0 Å². The van der Waals surface area contributed by atoms with E-state index < -0.39 is 29.3 Å². The van der Waals surface area contributed by atoms with Gasteiger partial charge in [0.15, 0.2) is 0 Å². The van der Waals surface area contributed by atoms with Gasteiger partial charge in [0.05, 0.1) is 0 Å². The number of hydrogen-bond acceptors (Lipinski definition) is 6. The maximum Gasteiger partial charge on any atom is 0.412 e. The number of nitrogens with one attached hydrogen (secondary N) is 2. The maximum absolute atomic E-state index is 12.6. The molecule has 1 unspecified atom stereocenters. The van der Waals surface area contributed by atoms with Crippen LogP contribution < -0.4 is 10.6 Å². The topological polar surface area (TPSA) is 117 Å². The summed E-state index contributed by atoms with van der Waals surface area (Å²) in [5.41, 5.74) is -0.853. The van der Waals surface area contributed by atoms with Crippen LogP contribution in [0.5, 0.6) is 5.75 Å². The second-order valence-electron chi connectivity index (χ2n) is 9.28. The molecule has 1 atom stereocenters. The molecule has 0 radical (unpaired) electrons. The summed E-state index contributed by atoms with van der Waals surface area (Å²) in [6.07, 6.45) is -0.518. The molecule has 30 heavy (non-hydrogen) atoms. The molecular weight excluding hydrogens is 390 g/mol. The van der Waals surface area contributed by atoms with Gasteiger partial charge in [0.25, 0.3) is 5.91 Å². The van der Waals surface area contributed by atoms with Gasteiger partial charge in [0.1, 0.15) is 17.0 Å². The lowest BCUT2D eigenvalue weighted by atomic mass is 10.1. The van der Waals surface area contributed by atoms with Crippen LogP contribution in [0.2, 0.25) is 0 Å². The summed E-state index contributed by atoms with van der Waals surface area (Å²) >= 11 is 0. The highest BCUT2D eigenvalue weighted by molar-refractivity contribution is 5.97. The molecule has 166 valence electrons. The van der Waals surface area contributed by atoms with Crippen LogP contribution in [0.25, 0.3) is 0 Å². The quantitative estimate of drug-likeness (QED) is 0.688. The molecule has 1 heterocycles. The van der Waals surface area contributed by atoms with Crippen molar-refractivity contribution in [1.29, 1.82) is 0 Å². The lowest BCUT2D eigenvalue weighted by Crippen LogP contribution is -2.40. The summed E-state index contributed by atoms with van der Waals surface area (Å²) in [5.74, 6) is -0.593. The number of ether oxygens (including phenoxy) is 2. The summed E-state index contributed by atoms with van der Waals surface area (Å²) in [6.45, 7) is 11.4. The van der Waals surface area contributed by atoms with Crippen LogP contribution in [0.4, 0.5) is 15.3 Å². The Morgan fingerprint density at radius 1 is 1.03 bits per heavy atom. The first-order valence-corrected chi connectivity index (χ1v) is 9.85. The molecule has 3 amide bonds. The van der Waals surface area contributed by atoms with Crippen molar-refractivity contribution in [1.82, 2.24) is 10.2 Å². The number of rotatable bonds is 3. The van der Waals surface area contributed by atoms with E-state index in [2.05, 4.69) is 10.6 Å². The van der Waals surface area contributed by atoms with Gasteiger partial charge >= 0.3 is 12.2 Å². The molecule has 1 saturated heterocycles. The largest absolute Gasteiger partial charge is 0.508 e. The van der Waals surface area contributed by atoms with Crippen LogP contribution in [0.1, 0.15) is 58.3 Å². The predicted octanol–water partition coefficient (Wildman–Crippen LogP) is 3.48. The van der Waals surface area contributed by atoms with Gasteiger partial charge in [-0.2, -0.15) is 0 Å². The lowest BCUT2D eigenvalue weighted by molar-refractivity contribution is 0.0289. The number of benzene rings is 1. The lowest BCUT2D eigenvalue weighted by Gasteiger charge is -2.24. The predicted molar refractivity (Wildman–Crippen MR) is 112 cm³/mol. The Morgan fingerprint density at radius 2 is 1.67 bits per heavy atom. The van der Waals surface area contributed by atoms with Gasteiger partial charge < -0.3 is 24.8 Å². The first-order valence-electron chi connectivity index (χ1n) is 9.85. The molecule has 0 bridgehead atoms. The van der Waals surface area contributed by atoms with Crippen molar-refractivity contribution in [3.8, 4) is 5.75 Å². The summed E-state index contributed by atoms with van der Waals surface area (Å²) in [7, 11) is 0. The highest BCUT2D eigenvalue weighted by Crippen LogP contribution is 2.22. The van der Waals surface area contributed by atoms with E-state index in [-0.39, 0.29) is 23.0 Å². The van der Waals surface area contributed by atoms with Crippen molar-refractivity contribution in [3.05, 3.63) is 23.8 Å². The monoisotopic (exact) mass is 421 g/mol. The number of amides is 3. The minimum absolute atomic E-state index is 0.171. The van der Waals surface area contributed by atoms with Crippen LogP contribution in [-0.2, 0) is 9.47 Å². The van der Waals surface area contributed by atoms with E-state index in [0.29, 0.717) is 19.5 Å². The number of aromatic hydroxyl groups is 1. The molecular formula is C21H31N3O6. The summed E-state index contributed by atoms with van der Waals surface area (Å²) in [6, 6.07) is 3.82. The van der Waals surface area contributed by atoms with Crippen molar-refractivity contribution in [2.75, 3.05) is 18.4 Å². The second-order valence-corrected chi connectivity index (χ2v) is 9.28. The SMILES string of the molecule is CC(C)(C)OC(=O)Nc1cc(O)cc(C(=O)NC2CCN(C(=O)OC(C)(C)C)C2)c1. The minimum atomic E-state index is -0.691. The summed E-state index contributed by atoms with van der Waals surface area (Å²) in [5, 5.41) is 15.3. The highest BCUT2D eigenvalue weighted by Gasteiger charge is 2.30. The standard InChI is InChI=1S/C21H31N3O6/c1-20(2,3)29-18(27)23-15-9-13(10-16(25)11-15)17(26)22-14-7-8-24(12-14)19(28)30-21(4,5)6/h9-11,14,25H,7-8,12H2,1-6H3,(H,22,26)(H,23,27). The molecule has 9 nitrogen and oxygen atoms in total. The second kappa shape index (κ2) is 8.81. The first-order chi connectivity index (χ1) is 13.7. The molecule has 0 aromatic heterocycles. The van der Waals surface area contributed by atoms with Crippen molar-refractivity contribution in [2.45, 2.75) is 65.2 Å². The molecule has 3 N–H and O–H groups in total. The van der Waals surface area contributed by atoms with E-state index in [1.54, 1.807) is 46.4 Å². The van der Waals surface area contributed by atoms with E-state index in [0.717, 1.165) is 0 Å². The number of phenolic OH excluding ortho intramolecular Hbond substituents is 1. The highest BCUT2D eigenvalue weighted by atomic mass is 16.6. The van der Waals surface area contributed by atoms with E-state index in [1.165, 1.54) is 18.2 Å². The maximum atomic E-state index is 12.6. The minimum Gasteiger partial charge on any atom is -0.508 e. The van der Waals surface area contributed by atoms with E-state index >= 15 is 0 Å². The molecule has 1 aromatic rings. The van der Waals surface area contributed by atoms with Gasteiger partial charge in [0, 0.05) is 36.4 Å². The van der Waals surface area contributed by atoms with Gasteiger partial charge in [0.2, 0.25) is 0 Å². The molecule has 0 aliphatic carbocycles. The Labute approximate surface area is 176 Å². The summed E-state index contributed by atoms with van der Waals surface area (Å²) in [4.78, 5) is 38.3. The van der Waals surface area contributed by atoms with Crippen LogP contribution in [0.15, 0.2) is 18.2 Å². The average molecular weight is 421 g/mol. The fourth-order valence-electron chi connectivity index (χ4n) is 2.88. The fraction of sp³-hybridized carbons (Fsp3) is 0.571. The first kappa shape index (κ1) is 23.3. The number of nitrogens with zero attached hydrogens (tertiary/aromatic N) is 1. The van der Waals surface area contributed by atoms with Crippen molar-refractivity contribution < 1.29 is 29.0 Å². The van der Waals surface area contributed by atoms with E-state index in [9.17, 15) is 19.5 Å². The van der Waals surface area contributed by atoms with Crippen LogP contribution in [-0.4, -0.2) is 58.4 Å². The zero-order chi connectivity index (χ0) is 22.7. The van der Waals surface area contributed by atoms with Gasteiger partial charge in [-0.3, -0.25) is 10.1 Å². The van der Waals surface area contributed by atoms with E-state index in [1.807, 2.05) is 0 Å². The fourth-order valence-corrected chi connectivity index (χ4v) is 2.88. The smallest absolute Gasteiger partial charge is 0.412 e. The van der Waals surface area contributed by atoms with Gasteiger partial charge in [-0.05, 0) is 60.1 Å². The van der Waals surface area contributed by atoms with Gasteiger partial charge in [-0.1, -0.05) is 0 Å². The van der Waals surface area contributed by atoms with Crippen LogP contribution in [0.3, 0.4) is 0 Å². The number of carbonyl (C=O) groups excluding carboxylic acids is 3. The third-order valence-corrected chi connectivity index (χ3v) is 4.00. The van der Waals surface area contributed by atoms with Crippen LogP contribution in [0, 0.1) is 0 Å². The third-order valence-electron chi connectivity index (χ3n) is 4.00. The number of carbonyl (C=O) groups is 3. The Balaban J connectivity index is 1.98. The van der Waals surface area contributed by atoms with Crippen molar-refractivity contribution >= 4 is 23.8 Å². The number of phenols is 1. The zero-order valence-electron chi connectivity index (χ0n) is 18.4. The number of likely N-dealkylation sites (tertiary alicyclic amines) is 1. The normalized spacial score (nSPS) is 16.7. The van der Waals surface area contributed by atoms with Crippen molar-refractivity contribution in [3.63, 3.8) is 0 Å². The Morgan fingerprint density at radius 3 is 2.27 bits per heavy atom. The van der Waals surface area contributed by atoms with Crippen molar-refractivity contribution in [2.24, 2.45) is 0 Å². The molecule has 9 heteroatoms. The number of hydrogen-bond donors (Lipinski definition) is 3. The number of anilines is 1. The Kier molecular flexibility index (Phi) is 6.84. The van der Waals surface area contributed by atoms with E-state index in [4.69, 9.17) is 9.47 Å². The molecule has 1 aliphatic rings. The molecule has 1 aliphatic heterocycles. The Bertz CT molecular complexity index is 810. The van der Waals surface area contributed by atoms with Gasteiger partial charge in [-0.15, -0.1) is 0 Å². The third kappa shape index (κ3) is 7.46. The molecule has 0 spiro atoms. The summed E-state index contributed by atoms with van der Waals surface area (Å²) < 4.78 is 10.5. The molecule has 0 saturated carbocycles. The Hall–Kier alpha value is -2.97. The molecule has 1 aromatic carbocycles. The average Bonchev–Trinajstić information content (AvgIpc) is 2.99. The van der Waals surface area contributed by atoms with Gasteiger partial charge in [-0.25, -0.2) is 9.59 Å². The molecule has 1 fully saturated rings.